The Morgan fingerprint density at radius 1 is 1.14 bits per heavy atom. The van der Waals surface area contributed by atoms with E-state index in [0.717, 1.165) is 5.56 Å². The Bertz CT molecular complexity index is 695. The van der Waals surface area contributed by atoms with Crippen molar-refractivity contribution in [2.24, 2.45) is 4.99 Å². The third-order valence-corrected chi connectivity index (χ3v) is 3.28. The molecule has 114 valence electrons. The van der Waals surface area contributed by atoms with Crippen LogP contribution in [0.1, 0.15) is 18.1 Å². The smallest absolute Gasteiger partial charge is 0.328 e. The number of carboxylic acid groups (broad SMARTS) is 1. The molecular formula is C17H17NO4. The van der Waals surface area contributed by atoms with Gasteiger partial charge in [0.05, 0.1) is 0 Å². The Morgan fingerprint density at radius 3 is 2.41 bits per heavy atom. The first-order valence-corrected chi connectivity index (χ1v) is 6.81. The van der Waals surface area contributed by atoms with E-state index in [1.54, 1.807) is 6.92 Å². The van der Waals surface area contributed by atoms with E-state index >= 15 is 0 Å². The molecule has 0 heterocycles. The van der Waals surface area contributed by atoms with Crippen LogP contribution >= 0.6 is 0 Å². The van der Waals surface area contributed by atoms with Gasteiger partial charge in [-0.3, -0.25) is 4.99 Å². The maximum absolute atomic E-state index is 11.4. The lowest BCUT2D eigenvalue weighted by Crippen LogP contribution is -2.22. The molecule has 2 aromatic rings. The zero-order valence-corrected chi connectivity index (χ0v) is 12.1. The van der Waals surface area contributed by atoms with E-state index in [1.165, 1.54) is 18.2 Å². The summed E-state index contributed by atoms with van der Waals surface area (Å²) in [4.78, 5) is 15.6. The molecule has 1 atom stereocenters. The summed E-state index contributed by atoms with van der Waals surface area (Å²) in [7, 11) is 0. The van der Waals surface area contributed by atoms with Crippen molar-refractivity contribution in [3.63, 3.8) is 0 Å². The van der Waals surface area contributed by atoms with Gasteiger partial charge in [-0.05, 0) is 24.6 Å². The average molecular weight is 299 g/mol. The molecule has 0 aliphatic carbocycles. The minimum absolute atomic E-state index is 0.0619. The van der Waals surface area contributed by atoms with Gasteiger partial charge in [-0.15, -0.1) is 0 Å². The average Bonchev–Trinajstić information content (AvgIpc) is 2.47. The van der Waals surface area contributed by atoms with Crippen molar-refractivity contribution in [2.45, 2.75) is 19.4 Å². The summed E-state index contributed by atoms with van der Waals surface area (Å²) in [5, 5.41) is 28.4. The van der Waals surface area contributed by atoms with Crippen molar-refractivity contribution in [2.75, 3.05) is 0 Å². The van der Waals surface area contributed by atoms with Crippen LogP contribution in [-0.2, 0) is 11.2 Å². The molecule has 5 nitrogen and oxygen atoms in total. The minimum atomic E-state index is -1.03. The van der Waals surface area contributed by atoms with Crippen LogP contribution in [0, 0.1) is 0 Å². The number of aromatic hydroxyl groups is 2. The molecule has 0 radical (unpaired) electrons. The molecule has 0 fully saturated rings. The highest BCUT2D eigenvalue weighted by Gasteiger charge is 2.18. The van der Waals surface area contributed by atoms with E-state index in [9.17, 15) is 20.1 Å². The van der Waals surface area contributed by atoms with Crippen LogP contribution in [-0.4, -0.2) is 33.0 Å². The van der Waals surface area contributed by atoms with Crippen LogP contribution in [0.5, 0.6) is 11.5 Å². The van der Waals surface area contributed by atoms with E-state index in [1.807, 2.05) is 30.3 Å². The number of aliphatic carboxylic acids is 1. The highest BCUT2D eigenvalue weighted by molar-refractivity contribution is 6.02. The van der Waals surface area contributed by atoms with Gasteiger partial charge in [-0.25, -0.2) is 4.79 Å². The largest absolute Gasteiger partial charge is 0.508 e. The Hall–Kier alpha value is -2.82. The molecule has 3 N–H and O–H groups in total. The molecule has 1 unspecified atom stereocenters. The van der Waals surface area contributed by atoms with Crippen LogP contribution < -0.4 is 0 Å². The molecule has 0 aromatic heterocycles. The quantitative estimate of drug-likeness (QED) is 0.740. The molecular weight excluding hydrogens is 282 g/mol. The maximum Gasteiger partial charge on any atom is 0.328 e. The van der Waals surface area contributed by atoms with Crippen molar-refractivity contribution in [1.29, 1.82) is 0 Å². The predicted octanol–water partition coefficient (Wildman–Crippen LogP) is 2.60. The Kier molecular flexibility index (Phi) is 4.78. The number of aliphatic imine (C=N–C) groups is 1. The first kappa shape index (κ1) is 15.6. The number of benzene rings is 2. The number of hydrogen-bond donors (Lipinski definition) is 3. The van der Waals surface area contributed by atoms with Gasteiger partial charge in [0.2, 0.25) is 0 Å². The standard InChI is InChI=1S/C17H17NO4/c1-11(14-8-7-13(19)10-16(14)20)18-15(17(21)22)9-12-5-3-2-4-6-12/h2-8,10,15,19-20H,9H2,1H3,(H,21,22)/b18-11+. The topological polar surface area (TPSA) is 90.1 Å². The van der Waals surface area contributed by atoms with Gasteiger partial charge in [-0.1, -0.05) is 30.3 Å². The van der Waals surface area contributed by atoms with E-state index in [2.05, 4.69) is 4.99 Å². The third kappa shape index (κ3) is 3.85. The van der Waals surface area contributed by atoms with Gasteiger partial charge in [0.25, 0.3) is 0 Å². The molecule has 2 rings (SSSR count). The van der Waals surface area contributed by atoms with Crippen molar-refractivity contribution >= 4 is 11.7 Å². The summed E-state index contributed by atoms with van der Waals surface area (Å²) in [6.07, 6.45) is 0.270. The van der Waals surface area contributed by atoms with Crippen LogP contribution in [0.15, 0.2) is 53.5 Å². The molecule has 0 aliphatic rings. The monoisotopic (exact) mass is 299 g/mol. The Balaban J connectivity index is 2.27. The van der Waals surface area contributed by atoms with Gasteiger partial charge >= 0.3 is 5.97 Å². The number of phenolic OH excluding ortho intramolecular Hbond substituents is 2. The molecule has 0 spiro atoms. The summed E-state index contributed by atoms with van der Waals surface area (Å²) in [6, 6.07) is 12.4. The summed E-state index contributed by atoms with van der Waals surface area (Å²) < 4.78 is 0. The second kappa shape index (κ2) is 6.76. The summed E-state index contributed by atoms with van der Waals surface area (Å²) in [5.74, 6) is -1.22. The molecule has 0 amide bonds. The van der Waals surface area contributed by atoms with Crippen molar-refractivity contribution < 1.29 is 20.1 Å². The predicted molar refractivity (Wildman–Crippen MR) is 83.6 cm³/mol. The molecule has 2 aromatic carbocycles. The fourth-order valence-corrected chi connectivity index (χ4v) is 2.15. The molecule has 22 heavy (non-hydrogen) atoms. The summed E-state index contributed by atoms with van der Waals surface area (Å²) >= 11 is 0. The SMILES string of the molecule is C/C(=N\C(Cc1ccccc1)C(=O)O)c1ccc(O)cc1O. The van der Waals surface area contributed by atoms with Gasteiger partial charge in [0.15, 0.2) is 6.04 Å². The zero-order valence-electron chi connectivity index (χ0n) is 12.1. The van der Waals surface area contributed by atoms with E-state index in [-0.39, 0.29) is 17.9 Å². The fourth-order valence-electron chi connectivity index (χ4n) is 2.15. The number of carboxylic acids is 1. The van der Waals surface area contributed by atoms with Gasteiger partial charge in [-0.2, -0.15) is 0 Å². The van der Waals surface area contributed by atoms with Gasteiger partial charge in [0.1, 0.15) is 11.5 Å². The maximum atomic E-state index is 11.4. The van der Waals surface area contributed by atoms with Crippen molar-refractivity contribution in [1.82, 2.24) is 0 Å². The lowest BCUT2D eigenvalue weighted by Gasteiger charge is -2.11. The molecule has 0 saturated carbocycles. The van der Waals surface area contributed by atoms with Crippen molar-refractivity contribution in [3.05, 3.63) is 59.7 Å². The number of nitrogens with zero attached hydrogens (tertiary/aromatic N) is 1. The lowest BCUT2D eigenvalue weighted by molar-refractivity contribution is -0.138. The second-order valence-corrected chi connectivity index (χ2v) is 4.96. The zero-order chi connectivity index (χ0) is 16.1. The first-order chi connectivity index (χ1) is 10.5. The summed E-state index contributed by atoms with van der Waals surface area (Å²) in [5.41, 5.74) is 1.68. The number of hydrogen-bond acceptors (Lipinski definition) is 4. The minimum Gasteiger partial charge on any atom is -0.508 e. The summed E-state index contributed by atoms with van der Waals surface area (Å²) in [6.45, 7) is 1.63. The Morgan fingerprint density at radius 2 is 1.82 bits per heavy atom. The van der Waals surface area contributed by atoms with Crippen LogP contribution in [0.4, 0.5) is 0 Å². The molecule has 0 bridgehead atoms. The Labute approximate surface area is 128 Å². The van der Waals surface area contributed by atoms with Crippen LogP contribution in [0.2, 0.25) is 0 Å². The van der Waals surface area contributed by atoms with Crippen LogP contribution in [0.3, 0.4) is 0 Å². The van der Waals surface area contributed by atoms with E-state index < -0.39 is 12.0 Å². The van der Waals surface area contributed by atoms with E-state index in [0.29, 0.717) is 11.3 Å². The number of carbonyl (C=O) groups is 1. The van der Waals surface area contributed by atoms with Gasteiger partial charge in [0, 0.05) is 23.8 Å². The third-order valence-electron chi connectivity index (χ3n) is 3.28. The lowest BCUT2D eigenvalue weighted by atomic mass is 10.1. The van der Waals surface area contributed by atoms with E-state index in [4.69, 9.17) is 0 Å². The van der Waals surface area contributed by atoms with Crippen molar-refractivity contribution in [3.8, 4) is 11.5 Å². The highest BCUT2D eigenvalue weighted by Crippen LogP contribution is 2.23. The first-order valence-electron chi connectivity index (χ1n) is 6.81. The highest BCUT2D eigenvalue weighted by atomic mass is 16.4. The number of phenols is 2. The second-order valence-electron chi connectivity index (χ2n) is 4.96. The molecule has 0 aliphatic heterocycles. The molecule has 0 saturated heterocycles. The normalized spacial score (nSPS) is 12.9. The number of rotatable bonds is 5. The van der Waals surface area contributed by atoms with Gasteiger partial charge < -0.3 is 15.3 Å². The molecule has 5 heteroatoms. The van der Waals surface area contributed by atoms with Crippen LogP contribution in [0.25, 0.3) is 0 Å². The fraction of sp³-hybridized carbons (Fsp3) is 0.176.